The average Bonchev–Trinajstić information content (AvgIpc) is 2.94. The summed E-state index contributed by atoms with van der Waals surface area (Å²) in [4.78, 5) is 16.5. The molecule has 1 saturated heterocycles. The zero-order valence-electron chi connectivity index (χ0n) is 14.8. The monoisotopic (exact) mass is 370 g/mol. The highest BCUT2D eigenvalue weighted by atomic mass is 35.5. The van der Waals surface area contributed by atoms with Crippen molar-refractivity contribution >= 4 is 23.5 Å². The van der Waals surface area contributed by atoms with Gasteiger partial charge < -0.3 is 14.5 Å². The summed E-state index contributed by atoms with van der Waals surface area (Å²) in [6, 6.07) is 3.40. The first kappa shape index (κ1) is 18.2. The average molecular weight is 371 g/mol. The Morgan fingerprint density at radius 3 is 2.60 bits per heavy atom. The summed E-state index contributed by atoms with van der Waals surface area (Å²) >= 11 is 5.79. The second-order valence-corrected chi connectivity index (χ2v) is 8.10. The van der Waals surface area contributed by atoms with Gasteiger partial charge in [-0.15, -0.1) is 10.2 Å². The van der Waals surface area contributed by atoms with Gasteiger partial charge in [-0.05, 0) is 52.2 Å². The lowest BCUT2D eigenvalue weighted by atomic mass is 9.88. The Balaban J connectivity index is 1.71. The lowest BCUT2D eigenvalue weighted by Crippen LogP contribution is -2.55. The number of aromatic nitrogens is 2. The predicted octanol–water partition coefficient (Wildman–Crippen LogP) is 3.45. The van der Waals surface area contributed by atoms with Crippen molar-refractivity contribution in [2.45, 2.75) is 63.9 Å². The van der Waals surface area contributed by atoms with Crippen molar-refractivity contribution in [3.8, 4) is 0 Å². The lowest BCUT2D eigenvalue weighted by molar-refractivity contribution is -0.0177. The second-order valence-electron chi connectivity index (χ2n) is 7.71. The number of hydrogen-bond donors (Lipinski definition) is 0. The normalized spacial score (nSPS) is 26.3. The van der Waals surface area contributed by atoms with Crippen LogP contribution in [0.4, 0.5) is 15.0 Å². The molecule has 3 rings (SSSR count). The van der Waals surface area contributed by atoms with E-state index in [9.17, 15) is 9.18 Å². The molecule has 1 saturated carbocycles. The zero-order valence-corrected chi connectivity index (χ0v) is 15.5. The third-order valence-corrected chi connectivity index (χ3v) is 4.75. The minimum atomic E-state index is -0.824. The van der Waals surface area contributed by atoms with E-state index in [1.165, 1.54) is 0 Å². The molecule has 2 aliphatic rings. The molecule has 1 aliphatic carbocycles. The van der Waals surface area contributed by atoms with Crippen molar-refractivity contribution < 1.29 is 13.9 Å². The molecular weight excluding hydrogens is 347 g/mol. The molecule has 1 amide bonds. The van der Waals surface area contributed by atoms with Crippen LogP contribution in [-0.2, 0) is 4.74 Å². The van der Waals surface area contributed by atoms with Gasteiger partial charge in [-0.1, -0.05) is 11.6 Å². The number of amides is 1. The molecule has 0 bridgehead atoms. The van der Waals surface area contributed by atoms with Crippen molar-refractivity contribution in [3.05, 3.63) is 17.3 Å². The van der Waals surface area contributed by atoms with Gasteiger partial charge in [-0.25, -0.2) is 9.18 Å². The topological polar surface area (TPSA) is 58.6 Å². The molecule has 1 aliphatic heterocycles. The maximum absolute atomic E-state index is 13.4. The highest BCUT2D eigenvalue weighted by Crippen LogP contribution is 2.34. The molecule has 1 aromatic rings. The van der Waals surface area contributed by atoms with E-state index in [1.807, 2.05) is 26.8 Å². The van der Waals surface area contributed by atoms with Crippen molar-refractivity contribution in [3.63, 3.8) is 0 Å². The molecule has 2 heterocycles. The van der Waals surface area contributed by atoms with Gasteiger partial charge in [-0.3, -0.25) is 0 Å². The van der Waals surface area contributed by atoms with Gasteiger partial charge >= 0.3 is 6.09 Å². The molecule has 1 aromatic heterocycles. The SMILES string of the molecule is CC(C)(C)OC(=O)N(C1CC(F)C1)C1CCN(c2ccc(Cl)nn2)C1. The predicted molar refractivity (Wildman–Crippen MR) is 93.7 cm³/mol. The van der Waals surface area contributed by atoms with Crippen LogP contribution in [-0.4, -0.2) is 58.1 Å². The van der Waals surface area contributed by atoms with E-state index in [-0.39, 0.29) is 18.2 Å². The number of carbonyl (C=O) groups excluding carboxylic acids is 1. The minimum absolute atomic E-state index is 0.0233. The van der Waals surface area contributed by atoms with Crippen molar-refractivity contribution in [2.24, 2.45) is 0 Å². The number of nitrogens with zero attached hydrogens (tertiary/aromatic N) is 4. The molecule has 1 atom stereocenters. The van der Waals surface area contributed by atoms with Crippen molar-refractivity contribution in [2.75, 3.05) is 18.0 Å². The van der Waals surface area contributed by atoms with Crippen LogP contribution in [0.1, 0.15) is 40.0 Å². The van der Waals surface area contributed by atoms with Gasteiger partial charge in [0.2, 0.25) is 0 Å². The Hall–Kier alpha value is -1.63. The Morgan fingerprint density at radius 2 is 2.04 bits per heavy atom. The summed E-state index contributed by atoms with van der Waals surface area (Å²) in [5, 5.41) is 8.31. The van der Waals surface area contributed by atoms with E-state index < -0.39 is 11.8 Å². The molecule has 138 valence electrons. The largest absolute Gasteiger partial charge is 0.444 e. The van der Waals surface area contributed by atoms with Gasteiger partial charge in [-0.2, -0.15) is 0 Å². The van der Waals surface area contributed by atoms with Crippen LogP contribution in [0.3, 0.4) is 0 Å². The Bertz CT molecular complexity index is 616. The van der Waals surface area contributed by atoms with Gasteiger partial charge in [0, 0.05) is 19.1 Å². The van der Waals surface area contributed by atoms with E-state index in [0.29, 0.717) is 24.5 Å². The number of rotatable bonds is 3. The molecule has 0 N–H and O–H groups in total. The summed E-state index contributed by atoms with van der Waals surface area (Å²) in [5.74, 6) is 0.730. The minimum Gasteiger partial charge on any atom is -0.444 e. The van der Waals surface area contributed by atoms with E-state index in [0.717, 1.165) is 18.8 Å². The molecule has 1 unspecified atom stereocenters. The maximum Gasteiger partial charge on any atom is 0.410 e. The summed E-state index contributed by atoms with van der Waals surface area (Å²) in [6.45, 7) is 6.90. The maximum atomic E-state index is 13.4. The van der Waals surface area contributed by atoms with Crippen LogP contribution < -0.4 is 4.90 Å². The first-order chi connectivity index (χ1) is 11.7. The Kier molecular flexibility index (Phi) is 5.04. The molecule has 25 heavy (non-hydrogen) atoms. The quantitative estimate of drug-likeness (QED) is 0.815. The van der Waals surface area contributed by atoms with Gasteiger partial charge in [0.05, 0.1) is 6.04 Å². The molecular formula is C17H24ClFN4O2. The van der Waals surface area contributed by atoms with E-state index in [4.69, 9.17) is 16.3 Å². The highest BCUT2D eigenvalue weighted by Gasteiger charge is 2.43. The van der Waals surface area contributed by atoms with Crippen molar-refractivity contribution in [1.82, 2.24) is 15.1 Å². The first-order valence-electron chi connectivity index (χ1n) is 8.62. The molecule has 6 nitrogen and oxygen atoms in total. The Morgan fingerprint density at radius 1 is 1.32 bits per heavy atom. The zero-order chi connectivity index (χ0) is 18.2. The number of carbonyl (C=O) groups is 1. The van der Waals surface area contributed by atoms with Crippen LogP contribution in [0.15, 0.2) is 12.1 Å². The molecule has 2 fully saturated rings. The molecule has 0 aromatic carbocycles. The van der Waals surface area contributed by atoms with Gasteiger partial charge in [0.25, 0.3) is 0 Å². The van der Waals surface area contributed by atoms with E-state index in [1.54, 1.807) is 11.0 Å². The lowest BCUT2D eigenvalue weighted by Gasteiger charge is -2.43. The van der Waals surface area contributed by atoms with Gasteiger partial charge in [0.1, 0.15) is 11.8 Å². The summed E-state index contributed by atoms with van der Waals surface area (Å²) in [5.41, 5.74) is -0.575. The molecule has 0 radical (unpaired) electrons. The van der Waals surface area contributed by atoms with E-state index >= 15 is 0 Å². The molecule has 0 spiro atoms. The number of alkyl halides is 1. The number of halogens is 2. The number of ether oxygens (including phenoxy) is 1. The van der Waals surface area contributed by atoms with Crippen LogP contribution in [0, 0.1) is 0 Å². The number of hydrogen-bond acceptors (Lipinski definition) is 5. The van der Waals surface area contributed by atoms with E-state index in [2.05, 4.69) is 15.1 Å². The summed E-state index contributed by atoms with van der Waals surface area (Å²) in [7, 11) is 0. The fraction of sp³-hybridized carbons (Fsp3) is 0.706. The third kappa shape index (κ3) is 4.32. The first-order valence-corrected chi connectivity index (χ1v) is 9.00. The van der Waals surface area contributed by atoms with Crippen LogP contribution in [0.5, 0.6) is 0 Å². The third-order valence-electron chi connectivity index (χ3n) is 4.55. The fourth-order valence-electron chi connectivity index (χ4n) is 3.31. The molecule has 8 heteroatoms. The number of anilines is 1. The Labute approximate surface area is 152 Å². The fourth-order valence-corrected chi connectivity index (χ4v) is 3.41. The second kappa shape index (κ2) is 6.94. The summed E-state index contributed by atoms with van der Waals surface area (Å²) < 4.78 is 18.9. The van der Waals surface area contributed by atoms with Crippen LogP contribution in [0.2, 0.25) is 5.15 Å². The van der Waals surface area contributed by atoms with Crippen molar-refractivity contribution in [1.29, 1.82) is 0 Å². The van der Waals surface area contributed by atoms with Crippen LogP contribution in [0.25, 0.3) is 0 Å². The smallest absolute Gasteiger partial charge is 0.410 e. The standard InChI is InChI=1S/C17H24ClFN4O2/c1-17(2,3)25-16(24)23(13-8-11(19)9-13)12-6-7-22(10-12)15-5-4-14(18)20-21-15/h4-5,11-13H,6-10H2,1-3H3. The summed E-state index contributed by atoms with van der Waals surface area (Å²) in [6.07, 6.45) is 0.372. The van der Waals surface area contributed by atoms with Gasteiger partial charge in [0.15, 0.2) is 11.0 Å². The van der Waals surface area contributed by atoms with Crippen LogP contribution >= 0.6 is 11.6 Å². The highest BCUT2D eigenvalue weighted by molar-refractivity contribution is 6.29.